The lowest BCUT2D eigenvalue weighted by Gasteiger charge is -2.27. The van der Waals surface area contributed by atoms with Crippen molar-refractivity contribution in [2.75, 3.05) is 20.1 Å². The lowest BCUT2D eigenvalue weighted by atomic mass is 10.1. The summed E-state index contributed by atoms with van der Waals surface area (Å²) < 4.78 is 5.39. The number of nitriles is 1. The van der Waals surface area contributed by atoms with E-state index in [1.54, 1.807) is 35.0 Å². The molecule has 1 aliphatic heterocycles. The fourth-order valence-electron chi connectivity index (χ4n) is 2.83. The van der Waals surface area contributed by atoms with Crippen LogP contribution in [0.5, 0.6) is 0 Å². The Labute approximate surface area is 149 Å². The minimum absolute atomic E-state index is 0.0420. The van der Waals surface area contributed by atoms with Gasteiger partial charge in [-0.1, -0.05) is 12.1 Å². The Balaban J connectivity index is 2.00. The molecule has 0 N–H and O–H groups in total. The highest BCUT2D eigenvalue weighted by Crippen LogP contribution is 2.20. The molecule has 0 radical (unpaired) electrons. The van der Waals surface area contributed by atoms with Crippen LogP contribution in [0.15, 0.2) is 24.3 Å². The Bertz CT molecular complexity index is 688. The van der Waals surface area contributed by atoms with E-state index < -0.39 is 5.60 Å². The number of carbonyl (C=O) groups is 2. The first-order valence-electron chi connectivity index (χ1n) is 8.42. The number of hydrogen-bond acceptors (Lipinski definition) is 4. The lowest BCUT2D eigenvalue weighted by molar-refractivity contribution is 0.0279. The summed E-state index contributed by atoms with van der Waals surface area (Å²) in [7, 11) is 1.75. The van der Waals surface area contributed by atoms with Crippen molar-refractivity contribution in [3.8, 4) is 6.07 Å². The van der Waals surface area contributed by atoms with Gasteiger partial charge in [0.25, 0.3) is 5.91 Å². The minimum Gasteiger partial charge on any atom is -0.444 e. The first kappa shape index (κ1) is 18.8. The highest BCUT2D eigenvalue weighted by atomic mass is 16.6. The van der Waals surface area contributed by atoms with E-state index in [1.807, 2.05) is 26.8 Å². The standard InChI is InChI=1S/C19H25N3O3/c1-19(2,3)25-18(24)22-11-9-16(13-22)21(4)17(23)15-7-5-6-14(12-15)8-10-20/h5-7,12,16H,8-9,11,13H2,1-4H3. The van der Waals surface area contributed by atoms with Gasteiger partial charge in [0, 0.05) is 25.7 Å². The summed E-state index contributed by atoms with van der Waals surface area (Å²) in [5, 5.41) is 8.80. The molecule has 1 unspecified atom stereocenters. The third-order valence-electron chi connectivity index (χ3n) is 4.14. The van der Waals surface area contributed by atoms with E-state index in [9.17, 15) is 9.59 Å². The normalized spacial score (nSPS) is 17.1. The third-order valence-corrected chi connectivity index (χ3v) is 4.14. The van der Waals surface area contributed by atoms with E-state index in [0.717, 1.165) is 12.0 Å². The van der Waals surface area contributed by atoms with Crippen LogP contribution in [0.2, 0.25) is 0 Å². The first-order valence-corrected chi connectivity index (χ1v) is 8.42. The van der Waals surface area contributed by atoms with E-state index >= 15 is 0 Å². The minimum atomic E-state index is -0.530. The molecular weight excluding hydrogens is 318 g/mol. The molecule has 1 aliphatic rings. The Morgan fingerprint density at radius 1 is 1.40 bits per heavy atom. The summed E-state index contributed by atoms with van der Waals surface area (Å²) in [4.78, 5) is 28.2. The van der Waals surface area contributed by atoms with Crippen LogP contribution in [-0.4, -0.2) is 53.6 Å². The largest absolute Gasteiger partial charge is 0.444 e. The Hall–Kier alpha value is -2.55. The molecule has 2 amide bonds. The molecule has 0 bridgehead atoms. The third kappa shape index (κ3) is 4.96. The number of amides is 2. The molecule has 2 rings (SSSR count). The van der Waals surface area contributed by atoms with Gasteiger partial charge in [0.2, 0.25) is 0 Å². The van der Waals surface area contributed by atoms with Crippen molar-refractivity contribution in [2.24, 2.45) is 0 Å². The molecule has 25 heavy (non-hydrogen) atoms. The summed E-state index contributed by atoms with van der Waals surface area (Å²) in [6.07, 6.45) is 0.659. The molecule has 1 aromatic carbocycles. The number of hydrogen-bond donors (Lipinski definition) is 0. The number of likely N-dealkylation sites (N-methyl/N-ethyl adjacent to an activating group) is 1. The maximum absolute atomic E-state index is 12.7. The molecule has 1 saturated heterocycles. The second kappa shape index (κ2) is 7.56. The van der Waals surface area contributed by atoms with Gasteiger partial charge in [-0.05, 0) is 44.9 Å². The van der Waals surface area contributed by atoms with Crippen LogP contribution >= 0.6 is 0 Å². The van der Waals surface area contributed by atoms with Crippen molar-refractivity contribution in [1.82, 2.24) is 9.80 Å². The van der Waals surface area contributed by atoms with Gasteiger partial charge in [-0.3, -0.25) is 4.79 Å². The quantitative estimate of drug-likeness (QED) is 0.846. The van der Waals surface area contributed by atoms with Gasteiger partial charge in [0.05, 0.1) is 18.5 Å². The maximum atomic E-state index is 12.7. The molecule has 6 nitrogen and oxygen atoms in total. The molecule has 1 fully saturated rings. The number of carbonyl (C=O) groups excluding carboxylic acids is 2. The monoisotopic (exact) mass is 343 g/mol. The van der Waals surface area contributed by atoms with Crippen molar-refractivity contribution >= 4 is 12.0 Å². The Morgan fingerprint density at radius 2 is 2.12 bits per heavy atom. The van der Waals surface area contributed by atoms with Crippen molar-refractivity contribution in [1.29, 1.82) is 5.26 Å². The molecule has 0 spiro atoms. The predicted molar refractivity (Wildman–Crippen MR) is 94.1 cm³/mol. The first-order chi connectivity index (χ1) is 11.7. The Kier molecular flexibility index (Phi) is 5.68. The summed E-state index contributed by atoms with van der Waals surface area (Å²) >= 11 is 0. The summed E-state index contributed by atoms with van der Waals surface area (Å²) in [6, 6.07) is 9.17. The van der Waals surface area contributed by atoms with Gasteiger partial charge in [-0.15, -0.1) is 0 Å². The van der Waals surface area contributed by atoms with E-state index in [2.05, 4.69) is 6.07 Å². The van der Waals surface area contributed by atoms with Gasteiger partial charge in [0.1, 0.15) is 5.60 Å². The van der Waals surface area contributed by atoms with Crippen LogP contribution in [-0.2, 0) is 11.2 Å². The second-order valence-electron chi connectivity index (χ2n) is 7.32. The number of ether oxygens (including phenoxy) is 1. The second-order valence-corrected chi connectivity index (χ2v) is 7.32. The van der Waals surface area contributed by atoms with Gasteiger partial charge in [0.15, 0.2) is 0 Å². The predicted octanol–water partition coefficient (Wildman–Crippen LogP) is 2.83. The number of likely N-dealkylation sites (tertiary alicyclic amines) is 1. The molecule has 0 aromatic heterocycles. The van der Waals surface area contributed by atoms with Crippen LogP contribution in [0.1, 0.15) is 43.1 Å². The zero-order chi connectivity index (χ0) is 18.6. The average molecular weight is 343 g/mol. The Morgan fingerprint density at radius 3 is 2.76 bits per heavy atom. The molecular formula is C19H25N3O3. The molecule has 1 atom stereocenters. The van der Waals surface area contributed by atoms with Crippen LogP contribution in [0.3, 0.4) is 0 Å². The number of rotatable bonds is 3. The topological polar surface area (TPSA) is 73.6 Å². The number of nitrogens with zero attached hydrogens (tertiary/aromatic N) is 3. The SMILES string of the molecule is CN(C(=O)c1cccc(CC#N)c1)C1CCN(C(=O)OC(C)(C)C)C1. The molecule has 0 aliphatic carbocycles. The van der Waals surface area contributed by atoms with E-state index in [1.165, 1.54) is 0 Å². The zero-order valence-electron chi connectivity index (χ0n) is 15.3. The van der Waals surface area contributed by atoms with Crippen LogP contribution in [0, 0.1) is 11.3 Å². The highest BCUT2D eigenvalue weighted by molar-refractivity contribution is 5.94. The van der Waals surface area contributed by atoms with E-state index in [0.29, 0.717) is 18.7 Å². The van der Waals surface area contributed by atoms with E-state index in [-0.39, 0.29) is 24.5 Å². The molecule has 134 valence electrons. The smallest absolute Gasteiger partial charge is 0.410 e. The van der Waals surface area contributed by atoms with Gasteiger partial charge >= 0.3 is 6.09 Å². The van der Waals surface area contributed by atoms with Crippen molar-refractivity contribution in [2.45, 2.75) is 45.3 Å². The fraction of sp³-hybridized carbons (Fsp3) is 0.526. The highest BCUT2D eigenvalue weighted by Gasteiger charge is 2.33. The van der Waals surface area contributed by atoms with Gasteiger partial charge in [-0.2, -0.15) is 5.26 Å². The lowest BCUT2D eigenvalue weighted by Crippen LogP contribution is -2.41. The average Bonchev–Trinajstić information content (AvgIpc) is 3.02. The van der Waals surface area contributed by atoms with Gasteiger partial charge < -0.3 is 14.5 Å². The van der Waals surface area contributed by atoms with Crippen LogP contribution in [0.25, 0.3) is 0 Å². The summed E-state index contributed by atoms with van der Waals surface area (Å²) in [5.74, 6) is -0.101. The van der Waals surface area contributed by atoms with Crippen LogP contribution < -0.4 is 0 Å². The van der Waals surface area contributed by atoms with Gasteiger partial charge in [-0.25, -0.2) is 4.79 Å². The van der Waals surface area contributed by atoms with Crippen molar-refractivity contribution < 1.29 is 14.3 Å². The molecule has 0 saturated carbocycles. The fourth-order valence-corrected chi connectivity index (χ4v) is 2.83. The van der Waals surface area contributed by atoms with Crippen molar-refractivity contribution in [3.05, 3.63) is 35.4 Å². The zero-order valence-corrected chi connectivity index (χ0v) is 15.3. The maximum Gasteiger partial charge on any atom is 0.410 e. The summed E-state index contributed by atoms with van der Waals surface area (Å²) in [6.45, 7) is 6.55. The van der Waals surface area contributed by atoms with Crippen LogP contribution in [0.4, 0.5) is 4.79 Å². The summed E-state index contributed by atoms with van der Waals surface area (Å²) in [5.41, 5.74) is 0.854. The van der Waals surface area contributed by atoms with Crippen molar-refractivity contribution in [3.63, 3.8) is 0 Å². The molecule has 1 heterocycles. The molecule has 6 heteroatoms. The number of benzene rings is 1. The van der Waals surface area contributed by atoms with E-state index in [4.69, 9.17) is 10.00 Å². The molecule has 1 aromatic rings.